The molecule has 0 radical (unpaired) electrons. The standard InChI is InChI=1S/FHO2Se/c1-4(2)3/h(H,2,3). The first-order chi connectivity index (χ1) is 1.73. The molecule has 0 aliphatic heterocycles. The summed E-state index contributed by atoms with van der Waals surface area (Å²) in [6.45, 7) is 0. The predicted octanol–water partition coefficient (Wildman–Crippen LogP) is -0.636. The molecule has 1 unspecified atom stereocenters. The zero-order chi connectivity index (χ0) is 3.58. The topological polar surface area (TPSA) is 37.3 Å². The summed E-state index contributed by atoms with van der Waals surface area (Å²) in [7, 11) is 0. The molecule has 4 heavy (non-hydrogen) atoms. The fraction of sp³-hybridized carbons (Fsp3) is 0. The third kappa shape index (κ3) is 73.7. The minimum atomic E-state index is -3.79. The molecular formula is HFO2Se. The van der Waals surface area contributed by atoms with E-state index in [-0.39, 0.29) is 0 Å². The molecule has 1 N–H and O–H groups in total. The van der Waals surface area contributed by atoms with Crippen molar-refractivity contribution in [1.29, 1.82) is 0 Å². The van der Waals surface area contributed by atoms with Gasteiger partial charge in [-0.15, -0.1) is 0 Å². The Morgan fingerprint density at radius 1 is 2.00 bits per heavy atom. The van der Waals surface area contributed by atoms with Gasteiger partial charge < -0.3 is 0 Å². The molecule has 1 atom stereocenters. The number of halogens is 1. The van der Waals surface area contributed by atoms with Gasteiger partial charge in [0.1, 0.15) is 0 Å². The van der Waals surface area contributed by atoms with Gasteiger partial charge in [-0.3, -0.25) is 0 Å². The van der Waals surface area contributed by atoms with Crippen LogP contribution >= 0.6 is 0 Å². The summed E-state index contributed by atoms with van der Waals surface area (Å²) in [4.78, 5) is 0. The predicted molar refractivity (Wildman–Crippen MR) is 9.77 cm³/mol. The van der Waals surface area contributed by atoms with Crippen LogP contribution in [-0.4, -0.2) is 18.8 Å². The van der Waals surface area contributed by atoms with Crippen LogP contribution in [-0.2, 0) is 3.83 Å². The van der Waals surface area contributed by atoms with Crippen molar-refractivity contribution in [3.8, 4) is 0 Å². The third-order valence-electron chi connectivity index (χ3n) is 0. The van der Waals surface area contributed by atoms with Crippen molar-refractivity contribution in [3.63, 3.8) is 0 Å². The van der Waals surface area contributed by atoms with Gasteiger partial charge in [-0.1, -0.05) is 0 Å². The van der Waals surface area contributed by atoms with Crippen molar-refractivity contribution in [1.82, 2.24) is 0 Å². The fourth-order valence-corrected chi connectivity index (χ4v) is 0. The van der Waals surface area contributed by atoms with E-state index in [4.69, 9.17) is 8.02 Å². The maximum atomic E-state index is 10.1. The molecule has 0 saturated carbocycles. The van der Waals surface area contributed by atoms with E-state index in [1.807, 2.05) is 0 Å². The molecule has 0 aliphatic rings. The Morgan fingerprint density at radius 2 is 2.00 bits per heavy atom. The summed E-state index contributed by atoms with van der Waals surface area (Å²) in [6, 6.07) is 0. The minimum absolute atomic E-state index is 3.79. The van der Waals surface area contributed by atoms with Crippen LogP contribution < -0.4 is 0 Å². The van der Waals surface area contributed by atoms with E-state index in [0.29, 0.717) is 0 Å². The molecule has 0 fully saturated rings. The third-order valence-corrected chi connectivity index (χ3v) is 0. The van der Waals surface area contributed by atoms with Crippen LogP contribution in [0.3, 0.4) is 0 Å². The fourth-order valence-electron chi connectivity index (χ4n) is 0. The van der Waals surface area contributed by atoms with E-state index in [1.54, 1.807) is 0 Å². The van der Waals surface area contributed by atoms with Gasteiger partial charge in [0.05, 0.1) is 0 Å². The van der Waals surface area contributed by atoms with Crippen LogP contribution in [0.15, 0.2) is 0 Å². The zero-order valence-corrected chi connectivity index (χ0v) is 3.35. The van der Waals surface area contributed by atoms with Crippen molar-refractivity contribution in [3.05, 3.63) is 0 Å². The van der Waals surface area contributed by atoms with Crippen molar-refractivity contribution in [2.45, 2.75) is 0 Å². The molecule has 26 valence electrons. The summed E-state index contributed by atoms with van der Waals surface area (Å²) in [5.41, 5.74) is 0. The van der Waals surface area contributed by atoms with Gasteiger partial charge in [0.15, 0.2) is 0 Å². The average molecular weight is 131 g/mol. The molecule has 0 aromatic heterocycles. The molecular weight excluding hydrogens is 130 g/mol. The van der Waals surface area contributed by atoms with Crippen LogP contribution in [0.5, 0.6) is 0 Å². The molecule has 0 bridgehead atoms. The van der Waals surface area contributed by atoms with Gasteiger partial charge in [-0.25, -0.2) is 0 Å². The van der Waals surface area contributed by atoms with Crippen LogP contribution in [0.4, 0.5) is 3.55 Å². The summed E-state index contributed by atoms with van der Waals surface area (Å²) in [5, 5.41) is 0. The normalized spacial score (nSPS) is 15.5. The van der Waals surface area contributed by atoms with E-state index >= 15 is 0 Å². The average Bonchev–Trinajstić information content (AvgIpc) is 0.811. The summed E-state index contributed by atoms with van der Waals surface area (Å²) in [5.74, 6) is 0. The van der Waals surface area contributed by atoms with Crippen LogP contribution in [0.25, 0.3) is 0 Å². The van der Waals surface area contributed by atoms with E-state index in [2.05, 4.69) is 0 Å². The van der Waals surface area contributed by atoms with Gasteiger partial charge in [-0.2, -0.15) is 0 Å². The Kier molecular flexibility index (Phi) is 1.60. The summed E-state index contributed by atoms with van der Waals surface area (Å²) in [6.07, 6.45) is 0. The Morgan fingerprint density at radius 3 is 2.00 bits per heavy atom. The molecule has 0 aromatic rings. The van der Waals surface area contributed by atoms with Gasteiger partial charge in [0.25, 0.3) is 0 Å². The second-order valence-electron chi connectivity index (χ2n) is 0.207. The molecule has 4 heteroatoms. The van der Waals surface area contributed by atoms with Gasteiger partial charge in [-0.05, 0) is 0 Å². The van der Waals surface area contributed by atoms with E-state index in [1.165, 1.54) is 0 Å². The summed E-state index contributed by atoms with van der Waals surface area (Å²) < 4.78 is 25.6. The molecule has 0 saturated heterocycles. The monoisotopic (exact) mass is 132 g/mol. The van der Waals surface area contributed by atoms with Crippen LogP contribution in [0, 0.1) is 0 Å². The maximum absolute atomic E-state index is 10.1. The SMILES string of the molecule is O=[Se](O)F. The molecule has 2 nitrogen and oxygen atoms in total. The van der Waals surface area contributed by atoms with Crippen LogP contribution in [0.1, 0.15) is 0 Å². The van der Waals surface area contributed by atoms with Crippen molar-refractivity contribution in [2.24, 2.45) is 0 Å². The van der Waals surface area contributed by atoms with E-state index in [9.17, 15) is 3.55 Å². The molecule has 0 amide bonds. The van der Waals surface area contributed by atoms with Crippen LogP contribution in [0.2, 0.25) is 0 Å². The second kappa shape index (κ2) is 1.52. The molecule has 0 heterocycles. The van der Waals surface area contributed by atoms with Crippen molar-refractivity contribution >= 4 is 14.6 Å². The second-order valence-corrected chi connectivity index (χ2v) is 1.07. The first kappa shape index (κ1) is 4.21. The Bertz CT molecular complexity index is 29.0. The van der Waals surface area contributed by atoms with Gasteiger partial charge in [0.2, 0.25) is 0 Å². The van der Waals surface area contributed by atoms with Gasteiger partial charge >= 0.3 is 26.2 Å². The van der Waals surface area contributed by atoms with Crippen molar-refractivity contribution < 1.29 is 11.6 Å². The number of hydrogen-bond acceptors (Lipinski definition) is 1. The van der Waals surface area contributed by atoms with E-state index < -0.39 is 14.6 Å². The Balaban J connectivity index is 2.80. The first-order valence-electron chi connectivity index (χ1n) is 0.504. The molecule has 0 rings (SSSR count). The van der Waals surface area contributed by atoms with Crippen molar-refractivity contribution in [2.75, 3.05) is 0 Å². The number of hydrogen-bond donors (Lipinski definition) is 1. The quantitative estimate of drug-likeness (QED) is 0.444. The molecule has 0 aromatic carbocycles. The van der Waals surface area contributed by atoms with Gasteiger partial charge in [0, 0.05) is 0 Å². The molecule has 0 spiro atoms. The van der Waals surface area contributed by atoms with E-state index in [0.717, 1.165) is 0 Å². The molecule has 0 aliphatic carbocycles. The Hall–Kier alpha value is 0.209. The summed E-state index contributed by atoms with van der Waals surface area (Å²) >= 11 is -3.79. The first-order valence-corrected chi connectivity index (χ1v) is 2.62. The Labute approximate surface area is 27.1 Å². The number of rotatable bonds is 0. The zero-order valence-electron chi connectivity index (χ0n) is 1.64.